The highest BCUT2D eigenvalue weighted by molar-refractivity contribution is 7.17. The molecule has 0 radical (unpaired) electrons. The third-order valence-corrected chi connectivity index (χ3v) is 9.20. The van der Waals surface area contributed by atoms with E-state index in [4.69, 9.17) is 15.1 Å². The van der Waals surface area contributed by atoms with Crippen molar-refractivity contribution in [1.82, 2.24) is 20.5 Å². The lowest BCUT2D eigenvalue weighted by Crippen LogP contribution is -2.26. The fraction of sp³-hybridized carbons (Fsp3) is 0.286. The van der Waals surface area contributed by atoms with Gasteiger partial charge in [0.15, 0.2) is 0 Å². The standard InChI is InChI=1S/C35H33F2N5O3S/c1-18(2)17-27-30(33(38)43)32(28-15-16-29(46-28)34(44)40-25-14-12-22-23(25)5-4-6-24(22)37)31(35-42-41-19(3)45-35)26(39-27)13-9-20-7-10-21(36)11-8-20/h4-8,10-11,15-16,18,25H,9,12-14,17H2,1-3H3,(H2,38,43)(H,40,44)/t25-/m0/s1. The van der Waals surface area contributed by atoms with Crippen LogP contribution in [0.2, 0.25) is 0 Å². The predicted octanol–water partition coefficient (Wildman–Crippen LogP) is 6.95. The van der Waals surface area contributed by atoms with E-state index in [9.17, 15) is 18.4 Å². The van der Waals surface area contributed by atoms with Crippen LogP contribution in [-0.4, -0.2) is 27.0 Å². The van der Waals surface area contributed by atoms with Crippen LogP contribution >= 0.6 is 11.3 Å². The maximum absolute atomic E-state index is 14.3. The van der Waals surface area contributed by atoms with Gasteiger partial charge in [-0.1, -0.05) is 38.1 Å². The molecule has 3 aromatic heterocycles. The molecule has 0 saturated heterocycles. The number of pyridine rings is 1. The maximum Gasteiger partial charge on any atom is 0.261 e. The Bertz CT molecular complexity index is 1930. The zero-order valence-corrected chi connectivity index (χ0v) is 26.5. The number of rotatable bonds is 10. The molecular weight excluding hydrogens is 608 g/mol. The molecule has 6 rings (SSSR count). The van der Waals surface area contributed by atoms with Crippen LogP contribution in [0.25, 0.3) is 21.9 Å². The molecule has 0 aliphatic heterocycles. The lowest BCUT2D eigenvalue weighted by molar-refractivity contribution is 0.0939. The van der Waals surface area contributed by atoms with Crippen LogP contribution in [0.5, 0.6) is 0 Å². The number of thiophene rings is 1. The molecule has 46 heavy (non-hydrogen) atoms. The first-order chi connectivity index (χ1) is 22.1. The van der Waals surface area contributed by atoms with E-state index < -0.39 is 5.91 Å². The van der Waals surface area contributed by atoms with Crippen molar-refractivity contribution in [2.24, 2.45) is 11.7 Å². The summed E-state index contributed by atoms with van der Waals surface area (Å²) in [7, 11) is 0. The fourth-order valence-electron chi connectivity index (χ4n) is 6.04. The van der Waals surface area contributed by atoms with Crippen LogP contribution in [-0.2, 0) is 25.7 Å². The molecule has 0 bridgehead atoms. The molecular formula is C35H33F2N5O3S. The molecule has 236 valence electrons. The summed E-state index contributed by atoms with van der Waals surface area (Å²) in [5.41, 5.74) is 10.7. The molecule has 3 N–H and O–H groups in total. The van der Waals surface area contributed by atoms with Gasteiger partial charge >= 0.3 is 0 Å². The second kappa shape index (κ2) is 12.9. The minimum Gasteiger partial charge on any atom is -0.421 e. The number of halogens is 2. The highest BCUT2D eigenvalue weighted by atomic mass is 32.1. The van der Waals surface area contributed by atoms with Gasteiger partial charge in [-0.05, 0) is 85.0 Å². The number of aryl methyl sites for hydroxylation is 3. The molecule has 5 aromatic rings. The number of aromatic nitrogens is 3. The molecule has 1 aliphatic rings. The van der Waals surface area contributed by atoms with Gasteiger partial charge in [0.2, 0.25) is 11.8 Å². The third-order valence-electron chi connectivity index (χ3n) is 8.09. The number of fused-ring (bicyclic) bond motifs is 1. The number of nitrogens with one attached hydrogen (secondary N) is 1. The monoisotopic (exact) mass is 641 g/mol. The largest absolute Gasteiger partial charge is 0.421 e. The summed E-state index contributed by atoms with van der Waals surface area (Å²) < 4.78 is 33.8. The van der Waals surface area contributed by atoms with Crippen LogP contribution < -0.4 is 11.1 Å². The summed E-state index contributed by atoms with van der Waals surface area (Å²) in [6, 6.07) is 14.4. The maximum atomic E-state index is 14.3. The summed E-state index contributed by atoms with van der Waals surface area (Å²) in [5.74, 6) is -0.886. The van der Waals surface area contributed by atoms with Gasteiger partial charge in [0, 0.05) is 17.4 Å². The Hall–Kier alpha value is -4.77. The van der Waals surface area contributed by atoms with Crippen LogP contribution in [0, 0.1) is 24.5 Å². The number of nitrogens with zero attached hydrogens (tertiary/aromatic N) is 3. The van der Waals surface area contributed by atoms with Gasteiger partial charge in [-0.2, -0.15) is 0 Å². The van der Waals surface area contributed by atoms with Crippen molar-refractivity contribution >= 4 is 23.2 Å². The van der Waals surface area contributed by atoms with Gasteiger partial charge in [-0.3, -0.25) is 14.6 Å². The lowest BCUT2D eigenvalue weighted by Gasteiger charge is -2.19. The normalized spacial score (nSPS) is 14.1. The number of hydrogen-bond donors (Lipinski definition) is 2. The molecule has 0 unspecified atom stereocenters. The van der Waals surface area contributed by atoms with Crippen LogP contribution in [0.1, 0.15) is 80.3 Å². The Balaban J connectivity index is 1.45. The van der Waals surface area contributed by atoms with Crippen molar-refractivity contribution in [3.63, 3.8) is 0 Å². The minimum atomic E-state index is -0.662. The van der Waals surface area contributed by atoms with E-state index in [2.05, 4.69) is 15.5 Å². The van der Waals surface area contributed by atoms with E-state index in [1.54, 1.807) is 37.3 Å². The summed E-state index contributed by atoms with van der Waals surface area (Å²) in [5, 5.41) is 11.4. The Kier molecular flexibility index (Phi) is 8.77. The van der Waals surface area contributed by atoms with E-state index in [0.717, 1.165) is 11.1 Å². The molecule has 0 fully saturated rings. The SMILES string of the molecule is Cc1nnc(-c2c(CCc3ccc(F)cc3)nc(CC(C)C)c(C(N)=O)c2-c2ccc(C(=O)N[C@H]3CCc4c(F)cccc43)s2)o1. The van der Waals surface area contributed by atoms with Crippen molar-refractivity contribution in [3.05, 3.63) is 111 Å². The molecule has 11 heteroatoms. The zero-order valence-electron chi connectivity index (χ0n) is 25.7. The number of carbonyl (C=O) groups excluding carboxylic acids is 2. The summed E-state index contributed by atoms with van der Waals surface area (Å²) in [4.78, 5) is 32.7. The number of amides is 2. The van der Waals surface area contributed by atoms with E-state index in [1.807, 2.05) is 19.9 Å². The van der Waals surface area contributed by atoms with Gasteiger partial charge in [0.1, 0.15) is 11.6 Å². The number of primary amides is 1. The van der Waals surface area contributed by atoms with Gasteiger partial charge in [0.05, 0.1) is 33.4 Å². The second-order valence-corrected chi connectivity index (χ2v) is 13.0. The van der Waals surface area contributed by atoms with Crippen molar-refractivity contribution in [2.45, 2.75) is 58.9 Å². The average molecular weight is 642 g/mol. The fourth-order valence-corrected chi connectivity index (χ4v) is 7.01. The van der Waals surface area contributed by atoms with Gasteiger partial charge in [-0.15, -0.1) is 21.5 Å². The number of hydrogen-bond acceptors (Lipinski definition) is 7. The molecule has 0 saturated carbocycles. The van der Waals surface area contributed by atoms with Gasteiger partial charge in [0.25, 0.3) is 11.8 Å². The van der Waals surface area contributed by atoms with E-state index >= 15 is 0 Å². The van der Waals surface area contributed by atoms with Crippen LogP contribution in [0.4, 0.5) is 8.78 Å². The smallest absolute Gasteiger partial charge is 0.261 e. The molecule has 8 nitrogen and oxygen atoms in total. The van der Waals surface area contributed by atoms with Crippen molar-refractivity contribution in [2.75, 3.05) is 0 Å². The van der Waals surface area contributed by atoms with E-state index in [-0.39, 0.29) is 41.0 Å². The van der Waals surface area contributed by atoms with Gasteiger partial charge in [-0.25, -0.2) is 8.78 Å². The quantitative estimate of drug-likeness (QED) is 0.170. The van der Waals surface area contributed by atoms with Crippen LogP contribution in [0.15, 0.2) is 59.0 Å². The second-order valence-electron chi connectivity index (χ2n) is 11.9. The Morgan fingerprint density at radius 3 is 2.50 bits per heavy atom. The molecule has 1 aliphatic carbocycles. The highest BCUT2D eigenvalue weighted by Gasteiger charge is 2.31. The first-order valence-corrected chi connectivity index (χ1v) is 16.0. The Morgan fingerprint density at radius 1 is 1.02 bits per heavy atom. The van der Waals surface area contributed by atoms with Crippen molar-refractivity contribution in [3.8, 4) is 21.9 Å². The number of nitrogens with two attached hydrogens (primary N) is 1. The molecule has 2 amide bonds. The van der Waals surface area contributed by atoms with Crippen LogP contribution in [0.3, 0.4) is 0 Å². The highest BCUT2D eigenvalue weighted by Crippen LogP contribution is 2.42. The summed E-state index contributed by atoms with van der Waals surface area (Å²) in [6.07, 6.45) is 2.59. The topological polar surface area (TPSA) is 124 Å². The van der Waals surface area contributed by atoms with Crippen molar-refractivity contribution in [1.29, 1.82) is 0 Å². The lowest BCUT2D eigenvalue weighted by atomic mass is 9.91. The van der Waals surface area contributed by atoms with E-state index in [0.29, 0.717) is 75.8 Å². The zero-order chi connectivity index (χ0) is 32.5. The molecule has 0 spiro atoms. The summed E-state index contributed by atoms with van der Waals surface area (Å²) >= 11 is 1.21. The minimum absolute atomic E-state index is 0.156. The number of benzene rings is 2. The molecule has 3 heterocycles. The van der Waals surface area contributed by atoms with E-state index in [1.165, 1.54) is 29.5 Å². The first kappa shape index (κ1) is 31.2. The third kappa shape index (κ3) is 6.32. The molecule has 2 aromatic carbocycles. The predicted molar refractivity (Wildman–Crippen MR) is 171 cm³/mol. The molecule has 1 atom stereocenters. The van der Waals surface area contributed by atoms with Gasteiger partial charge < -0.3 is 15.5 Å². The Labute approximate surface area is 269 Å². The first-order valence-electron chi connectivity index (χ1n) is 15.2. The average Bonchev–Trinajstić information content (AvgIpc) is 3.77. The number of carbonyl (C=O) groups is 2. The van der Waals surface area contributed by atoms with Crippen molar-refractivity contribution < 1.29 is 22.8 Å². The Morgan fingerprint density at radius 2 is 1.80 bits per heavy atom. The summed E-state index contributed by atoms with van der Waals surface area (Å²) in [6.45, 7) is 5.73.